The summed E-state index contributed by atoms with van der Waals surface area (Å²) < 4.78 is 24.5. The van der Waals surface area contributed by atoms with E-state index in [0.29, 0.717) is 11.0 Å². The fraction of sp³-hybridized carbons (Fsp3) is 0.250. The van der Waals surface area contributed by atoms with Gasteiger partial charge < -0.3 is 0 Å². The molecule has 68 valence electrons. The van der Waals surface area contributed by atoms with Gasteiger partial charge in [-0.3, -0.25) is 0 Å². The first-order valence-electron chi connectivity index (χ1n) is 3.42. The Morgan fingerprint density at radius 3 is 2.69 bits per heavy atom. The summed E-state index contributed by atoms with van der Waals surface area (Å²) in [6.07, 6.45) is -2.56. The lowest BCUT2D eigenvalue weighted by Crippen LogP contribution is -1.94. The van der Waals surface area contributed by atoms with E-state index in [0.717, 1.165) is 6.07 Å². The SMILES string of the molecule is N#Cc1cc(C(F)F)cc(CBr)n1. The predicted molar refractivity (Wildman–Crippen MR) is 46.5 cm³/mol. The van der Waals surface area contributed by atoms with Gasteiger partial charge in [0.1, 0.15) is 11.8 Å². The van der Waals surface area contributed by atoms with Gasteiger partial charge in [-0.2, -0.15) is 5.26 Å². The average Bonchev–Trinajstić information content (AvgIpc) is 2.16. The summed E-state index contributed by atoms with van der Waals surface area (Å²) in [5.74, 6) is 0. The van der Waals surface area contributed by atoms with Crippen molar-refractivity contribution >= 4 is 15.9 Å². The van der Waals surface area contributed by atoms with Crippen LogP contribution >= 0.6 is 15.9 Å². The number of pyridine rings is 1. The molecule has 0 saturated heterocycles. The molecule has 0 aliphatic rings. The van der Waals surface area contributed by atoms with E-state index >= 15 is 0 Å². The van der Waals surface area contributed by atoms with E-state index in [1.165, 1.54) is 6.07 Å². The Bertz CT molecular complexity index is 346. The largest absolute Gasteiger partial charge is 0.264 e. The van der Waals surface area contributed by atoms with Gasteiger partial charge in [-0.1, -0.05) is 15.9 Å². The highest BCUT2D eigenvalue weighted by atomic mass is 79.9. The first-order valence-corrected chi connectivity index (χ1v) is 4.54. The van der Waals surface area contributed by atoms with E-state index in [1.54, 1.807) is 6.07 Å². The number of nitrogens with zero attached hydrogens (tertiary/aromatic N) is 2. The number of halogens is 3. The van der Waals surface area contributed by atoms with Gasteiger partial charge in [0, 0.05) is 10.9 Å². The molecule has 13 heavy (non-hydrogen) atoms. The van der Waals surface area contributed by atoms with Crippen molar-refractivity contribution in [2.45, 2.75) is 11.8 Å². The highest BCUT2D eigenvalue weighted by Crippen LogP contribution is 2.20. The molecule has 0 aromatic carbocycles. The van der Waals surface area contributed by atoms with E-state index < -0.39 is 6.43 Å². The minimum Gasteiger partial charge on any atom is -0.241 e. The van der Waals surface area contributed by atoms with Crippen LogP contribution in [-0.2, 0) is 5.33 Å². The summed E-state index contributed by atoms with van der Waals surface area (Å²) in [6.45, 7) is 0. The molecule has 1 heterocycles. The van der Waals surface area contributed by atoms with Crippen LogP contribution < -0.4 is 0 Å². The molecule has 0 aliphatic carbocycles. The second-order valence-corrected chi connectivity index (χ2v) is 2.88. The molecule has 0 atom stereocenters. The number of alkyl halides is 3. The highest BCUT2D eigenvalue weighted by Gasteiger charge is 2.10. The molecular weight excluding hydrogens is 242 g/mol. The highest BCUT2D eigenvalue weighted by molar-refractivity contribution is 9.08. The van der Waals surface area contributed by atoms with Gasteiger partial charge in [0.25, 0.3) is 6.43 Å². The Balaban J connectivity index is 3.17. The van der Waals surface area contributed by atoms with Crippen molar-refractivity contribution in [3.05, 3.63) is 29.1 Å². The van der Waals surface area contributed by atoms with E-state index in [-0.39, 0.29) is 11.3 Å². The first kappa shape index (κ1) is 10.1. The molecule has 5 heteroatoms. The van der Waals surface area contributed by atoms with Crippen LogP contribution in [0.15, 0.2) is 12.1 Å². The van der Waals surface area contributed by atoms with E-state index in [1.807, 2.05) is 0 Å². The maximum atomic E-state index is 12.2. The zero-order valence-corrected chi connectivity index (χ0v) is 8.05. The lowest BCUT2D eigenvalue weighted by atomic mass is 10.2. The van der Waals surface area contributed by atoms with Crippen LogP contribution in [0.4, 0.5) is 8.78 Å². The third-order valence-electron chi connectivity index (χ3n) is 1.40. The summed E-state index contributed by atoms with van der Waals surface area (Å²) in [7, 11) is 0. The minimum absolute atomic E-state index is 0.0206. The van der Waals surface area contributed by atoms with E-state index in [2.05, 4.69) is 20.9 Å². The van der Waals surface area contributed by atoms with Crippen molar-refractivity contribution < 1.29 is 8.78 Å². The number of hydrogen-bond acceptors (Lipinski definition) is 2. The van der Waals surface area contributed by atoms with Crippen LogP contribution in [0.5, 0.6) is 0 Å². The van der Waals surface area contributed by atoms with Crippen molar-refractivity contribution in [3.63, 3.8) is 0 Å². The maximum Gasteiger partial charge on any atom is 0.264 e. The molecule has 1 aromatic heterocycles. The predicted octanol–water partition coefficient (Wildman–Crippen LogP) is 2.79. The van der Waals surface area contributed by atoms with Gasteiger partial charge in [0.05, 0.1) is 5.69 Å². The number of aromatic nitrogens is 1. The number of hydrogen-bond donors (Lipinski definition) is 0. The van der Waals surface area contributed by atoms with Crippen LogP contribution in [0.1, 0.15) is 23.4 Å². The molecular formula is C8H5BrF2N2. The smallest absolute Gasteiger partial charge is 0.241 e. The Morgan fingerprint density at radius 2 is 2.23 bits per heavy atom. The lowest BCUT2D eigenvalue weighted by molar-refractivity contribution is 0.151. The molecule has 0 radical (unpaired) electrons. The van der Waals surface area contributed by atoms with Gasteiger partial charge >= 0.3 is 0 Å². The van der Waals surface area contributed by atoms with Crippen LogP contribution in [0.2, 0.25) is 0 Å². The van der Waals surface area contributed by atoms with Gasteiger partial charge in [-0.05, 0) is 12.1 Å². The topological polar surface area (TPSA) is 36.7 Å². The molecule has 0 spiro atoms. The van der Waals surface area contributed by atoms with Gasteiger partial charge in [-0.15, -0.1) is 0 Å². The zero-order valence-electron chi connectivity index (χ0n) is 6.47. The summed E-state index contributed by atoms with van der Waals surface area (Å²) in [5.41, 5.74) is 0.294. The summed E-state index contributed by atoms with van der Waals surface area (Å²) in [6, 6.07) is 4.10. The Morgan fingerprint density at radius 1 is 1.54 bits per heavy atom. The van der Waals surface area contributed by atoms with E-state index in [4.69, 9.17) is 5.26 Å². The second-order valence-electron chi connectivity index (χ2n) is 2.32. The van der Waals surface area contributed by atoms with Crippen LogP contribution in [0.3, 0.4) is 0 Å². The Kier molecular flexibility index (Phi) is 3.32. The summed E-state index contributed by atoms with van der Waals surface area (Å²) in [4.78, 5) is 3.81. The molecule has 0 saturated carbocycles. The van der Waals surface area contributed by atoms with Gasteiger partial charge in [0.15, 0.2) is 0 Å². The van der Waals surface area contributed by atoms with Crippen molar-refractivity contribution in [3.8, 4) is 6.07 Å². The molecule has 0 N–H and O–H groups in total. The van der Waals surface area contributed by atoms with Crippen molar-refractivity contribution in [1.29, 1.82) is 5.26 Å². The van der Waals surface area contributed by atoms with Gasteiger partial charge in [0.2, 0.25) is 0 Å². The molecule has 0 amide bonds. The molecule has 0 fully saturated rings. The second kappa shape index (κ2) is 4.28. The van der Waals surface area contributed by atoms with Gasteiger partial charge in [-0.25, -0.2) is 13.8 Å². The molecule has 1 aromatic rings. The Labute approximate surface area is 82.3 Å². The van der Waals surface area contributed by atoms with E-state index in [9.17, 15) is 8.78 Å². The van der Waals surface area contributed by atoms with Crippen LogP contribution in [0, 0.1) is 11.3 Å². The minimum atomic E-state index is -2.56. The monoisotopic (exact) mass is 246 g/mol. The number of rotatable bonds is 2. The Hall–Kier alpha value is -1.02. The van der Waals surface area contributed by atoms with Crippen molar-refractivity contribution in [2.75, 3.05) is 0 Å². The third-order valence-corrected chi connectivity index (χ3v) is 1.98. The maximum absolute atomic E-state index is 12.2. The standard InChI is InChI=1S/C8H5BrF2N2/c9-3-6-1-5(8(10)11)2-7(4-12)13-6/h1-2,8H,3H2. The van der Waals surface area contributed by atoms with Crippen molar-refractivity contribution in [1.82, 2.24) is 4.98 Å². The molecule has 0 bridgehead atoms. The summed E-state index contributed by atoms with van der Waals surface area (Å²) in [5, 5.41) is 8.85. The van der Waals surface area contributed by atoms with Crippen LogP contribution in [0.25, 0.3) is 0 Å². The fourth-order valence-corrected chi connectivity index (χ4v) is 1.15. The summed E-state index contributed by atoms with van der Waals surface area (Å²) >= 11 is 3.09. The normalized spacial score (nSPS) is 10.1. The van der Waals surface area contributed by atoms with Crippen LogP contribution in [-0.4, -0.2) is 4.98 Å². The first-order chi connectivity index (χ1) is 6.17. The quantitative estimate of drug-likeness (QED) is 0.753. The lowest BCUT2D eigenvalue weighted by Gasteiger charge is -2.01. The molecule has 0 unspecified atom stereocenters. The number of nitriles is 1. The molecule has 2 nitrogen and oxygen atoms in total. The van der Waals surface area contributed by atoms with Crippen molar-refractivity contribution in [2.24, 2.45) is 0 Å². The average molecular weight is 247 g/mol. The zero-order chi connectivity index (χ0) is 9.84. The third kappa shape index (κ3) is 2.46. The molecule has 1 rings (SSSR count). The fourth-order valence-electron chi connectivity index (χ4n) is 0.863. The molecule has 0 aliphatic heterocycles.